The zero-order chi connectivity index (χ0) is 14.7. The summed E-state index contributed by atoms with van der Waals surface area (Å²) in [6.07, 6.45) is 5.56. The number of nitrogens with zero attached hydrogens (tertiary/aromatic N) is 1. The fourth-order valence-electron chi connectivity index (χ4n) is 2.76. The molecule has 5 nitrogen and oxygen atoms in total. The van der Waals surface area contributed by atoms with Crippen molar-refractivity contribution < 1.29 is 14.3 Å². The van der Waals surface area contributed by atoms with E-state index in [1.807, 2.05) is 0 Å². The lowest BCUT2D eigenvalue weighted by Gasteiger charge is -2.21. The molecule has 0 bridgehead atoms. The van der Waals surface area contributed by atoms with Crippen LogP contribution in [0.4, 0.5) is 0 Å². The molecule has 0 unspecified atom stereocenters. The van der Waals surface area contributed by atoms with Crippen molar-refractivity contribution >= 4 is 11.6 Å². The smallest absolute Gasteiger partial charge is 0.271 e. The molecule has 1 aromatic carbocycles. The largest absolute Gasteiger partial charge is 0.454 e. The van der Waals surface area contributed by atoms with Crippen LogP contribution >= 0.6 is 0 Å². The van der Waals surface area contributed by atoms with Gasteiger partial charge in [0.2, 0.25) is 6.79 Å². The zero-order valence-corrected chi connectivity index (χ0v) is 12.2. The maximum absolute atomic E-state index is 12.1. The lowest BCUT2D eigenvalue weighted by Crippen LogP contribution is -2.22. The molecule has 1 aliphatic carbocycles. The SMILES string of the molecule is CCC1CCC(=NNC(=O)c2ccc3c(c2)OCO3)CC1. The normalized spacial score (nSPS) is 20.2. The Hall–Kier alpha value is -2.04. The predicted octanol–water partition coefficient (Wildman–Crippen LogP) is 3.10. The van der Waals surface area contributed by atoms with E-state index in [9.17, 15) is 4.79 Å². The molecule has 2 aliphatic rings. The summed E-state index contributed by atoms with van der Waals surface area (Å²) in [5, 5.41) is 4.27. The van der Waals surface area contributed by atoms with Crippen LogP contribution in [0.5, 0.6) is 11.5 Å². The molecule has 21 heavy (non-hydrogen) atoms. The zero-order valence-electron chi connectivity index (χ0n) is 12.2. The molecule has 1 aromatic rings. The topological polar surface area (TPSA) is 59.9 Å². The molecule has 0 atom stereocenters. The van der Waals surface area contributed by atoms with Gasteiger partial charge in [0.05, 0.1) is 0 Å². The van der Waals surface area contributed by atoms with Crippen LogP contribution in [0.1, 0.15) is 49.4 Å². The molecular weight excluding hydrogens is 268 g/mol. The van der Waals surface area contributed by atoms with Gasteiger partial charge < -0.3 is 9.47 Å². The van der Waals surface area contributed by atoms with Gasteiger partial charge in [-0.25, -0.2) is 5.43 Å². The minimum atomic E-state index is -0.210. The number of hydrazone groups is 1. The third-order valence-corrected chi connectivity index (χ3v) is 4.21. The standard InChI is InChI=1S/C16H20N2O3/c1-2-11-3-6-13(7-4-11)17-18-16(19)12-5-8-14-15(9-12)21-10-20-14/h5,8-9,11H,2-4,6-7,10H2,1H3,(H,18,19). The number of rotatable bonds is 3. The minimum absolute atomic E-state index is 0.210. The first-order chi connectivity index (χ1) is 10.3. The average Bonchev–Trinajstić information content (AvgIpc) is 3.00. The molecule has 1 fully saturated rings. The van der Waals surface area contributed by atoms with Gasteiger partial charge in [-0.05, 0) is 49.8 Å². The highest BCUT2D eigenvalue weighted by molar-refractivity contribution is 5.96. The second kappa shape index (κ2) is 6.16. The molecule has 1 amide bonds. The van der Waals surface area contributed by atoms with E-state index in [1.165, 1.54) is 19.3 Å². The number of hydrogen-bond acceptors (Lipinski definition) is 4. The number of hydrogen-bond donors (Lipinski definition) is 1. The third-order valence-electron chi connectivity index (χ3n) is 4.21. The Bertz CT molecular complexity index is 559. The van der Waals surface area contributed by atoms with Crippen LogP contribution in [0.25, 0.3) is 0 Å². The van der Waals surface area contributed by atoms with Crippen molar-refractivity contribution in [3.8, 4) is 11.5 Å². The molecule has 5 heteroatoms. The monoisotopic (exact) mass is 288 g/mol. The molecule has 0 aromatic heterocycles. The third kappa shape index (κ3) is 3.17. The fourth-order valence-corrected chi connectivity index (χ4v) is 2.76. The maximum Gasteiger partial charge on any atom is 0.271 e. The van der Waals surface area contributed by atoms with Crippen molar-refractivity contribution in [2.75, 3.05) is 6.79 Å². The summed E-state index contributed by atoms with van der Waals surface area (Å²) >= 11 is 0. The molecule has 1 aliphatic heterocycles. The first-order valence-electron chi connectivity index (χ1n) is 7.51. The van der Waals surface area contributed by atoms with Crippen LogP contribution in [0.3, 0.4) is 0 Å². The van der Waals surface area contributed by atoms with Crippen molar-refractivity contribution in [1.82, 2.24) is 5.43 Å². The number of carbonyl (C=O) groups is 1. The predicted molar refractivity (Wildman–Crippen MR) is 79.7 cm³/mol. The van der Waals surface area contributed by atoms with Crippen molar-refractivity contribution in [3.63, 3.8) is 0 Å². The summed E-state index contributed by atoms with van der Waals surface area (Å²) < 4.78 is 10.5. The van der Waals surface area contributed by atoms with Crippen molar-refractivity contribution in [1.29, 1.82) is 0 Å². The van der Waals surface area contributed by atoms with Crippen LogP contribution in [-0.4, -0.2) is 18.4 Å². The highest BCUT2D eigenvalue weighted by atomic mass is 16.7. The second-order valence-corrected chi connectivity index (χ2v) is 5.54. The summed E-state index contributed by atoms with van der Waals surface area (Å²) in [7, 11) is 0. The molecule has 1 heterocycles. The van der Waals surface area contributed by atoms with Gasteiger partial charge in [0.15, 0.2) is 11.5 Å². The Balaban J connectivity index is 1.59. The minimum Gasteiger partial charge on any atom is -0.454 e. The van der Waals surface area contributed by atoms with Crippen molar-refractivity contribution in [2.45, 2.75) is 39.0 Å². The van der Waals surface area contributed by atoms with Gasteiger partial charge >= 0.3 is 0 Å². The Morgan fingerprint density at radius 1 is 1.29 bits per heavy atom. The van der Waals surface area contributed by atoms with Crippen molar-refractivity contribution in [2.24, 2.45) is 11.0 Å². The summed E-state index contributed by atoms with van der Waals surface area (Å²) in [6, 6.07) is 5.15. The average molecular weight is 288 g/mol. The van der Waals surface area contributed by atoms with Crippen LogP contribution in [0, 0.1) is 5.92 Å². The van der Waals surface area contributed by atoms with Gasteiger partial charge in [0, 0.05) is 11.3 Å². The first-order valence-corrected chi connectivity index (χ1v) is 7.51. The van der Waals surface area contributed by atoms with E-state index in [2.05, 4.69) is 17.5 Å². The maximum atomic E-state index is 12.1. The van der Waals surface area contributed by atoms with Crippen molar-refractivity contribution in [3.05, 3.63) is 23.8 Å². The number of nitrogens with one attached hydrogen (secondary N) is 1. The van der Waals surface area contributed by atoms with Crippen LogP contribution in [-0.2, 0) is 0 Å². The molecule has 0 spiro atoms. The summed E-state index contributed by atoms with van der Waals surface area (Å²) in [4.78, 5) is 12.1. The van der Waals surface area contributed by atoms with Gasteiger partial charge in [-0.1, -0.05) is 13.3 Å². The number of ether oxygens (including phenoxy) is 2. The lowest BCUT2D eigenvalue weighted by atomic mass is 9.86. The van der Waals surface area contributed by atoms with Gasteiger partial charge in [-0.15, -0.1) is 0 Å². The molecule has 1 saturated carbocycles. The number of benzene rings is 1. The van der Waals surface area contributed by atoms with Gasteiger partial charge in [0.25, 0.3) is 5.91 Å². The van der Waals surface area contributed by atoms with Gasteiger partial charge in [-0.3, -0.25) is 4.79 Å². The summed E-state index contributed by atoms with van der Waals surface area (Å²) in [5.41, 5.74) is 4.27. The molecule has 1 N–H and O–H groups in total. The Morgan fingerprint density at radius 2 is 2.05 bits per heavy atom. The summed E-state index contributed by atoms with van der Waals surface area (Å²) in [6.45, 7) is 2.44. The molecule has 112 valence electrons. The molecule has 0 radical (unpaired) electrons. The highest BCUT2D eigenvalue weighted by Crippen LogP contribution is 2.32. The van der Waals surface area contributed by atoms with Gasteiger partial charge in [-0.2, -0.15) is 5.10 Å². The van der Waals surface area contributed by atoms with Crippen LogP contribution < -0.4 is 14.9 Å². The molecule has 3 rings (SSSR count). The van der Waals surface area contributed by atoms with Gasteiger partial charge in [0.1, 0.15) is 0 Å². The highest BCUT2D eigenvalue weighted by Gasteiger charge is 2.18. The lowest BCUT2D eigenvalue weighted by molar-refractivity contribution is 0.0954. The Morgan fingerprint density at radius 3 is 2.81 bits per heavy atom. The number of amides is 1. The Labute approximate surface area is 124 Å². The molecule has 0 saturated heterocycles. The summed E-state index contributed by atoms with van der Waals surface area (Å²) in [5.74, 6) is 1.89. The fraction of sp³-hybridized carbons (Fsp3) is 0.500. The van der Waals surface area contributed by atoms with E-state index in [4.69, 9.17) is 9.47 Å². The number of fused-ring (bicyclic) bond motifs is 1. The number of carbonyl (C=O) groups excluding carboxylic acids is 1. The second-order valence-electron chi connectivity index (χ2n) is 5.54. The van der Waals surface area contributed by atoms with Crippen LogP contribution in [0.15, 0.2) is 23.3 Å². The first kappa shape index (κ1) is 13.9. The van der Waals surface area contributed by atoms with E-state index in [0.29, 0.717) is 17.1 Å². The van der Waals surface area contributed by atoms with E-state index in [1.54, 1.807) is 18.2 Å². The van der Waals surface area contributed by atoms with E-state index >= 15 is 0 Å². The van der Waals surface area contributed by atoms with Crippen LogP contribution in [0.2, 0.25) is 0 Å². The molecular formula is C16H20N2O3. The van der Waals surface area contributed by atoms with E-state index in [0.717, 1.165) is 24.5 Å². The van der Waals surface area contributed by atoms with E-state index < -0.39 is 0 Å². The Kier molecular flexibility index (Phi) is 4.08. The van der Waals surface area contributed by atoms with E-state index in [-0.39, 0.29) is 12.7 Å². The quantitative estimate of drug-likeness (QED) is 0.869.